The number of nitrogens with zero attached hydrogens (tertiary/aromatic N) is 2. The van der Waals surface area contributed by atoms with Crippen LogP contribution in [0.15, 0.2) is 22.7 Å². The van der Waals surface area contributed by atoms with Gasteiger partial charge in [-0.1, -0.05) is 28.4 Å². The molecule has 1 saturated heterocycles. The van der Waals surface area contributed by atoms with E-state index in [1.54, 1.807) is 13.0 Å². The molecule has 2 heterocycles. The maximum Gasteiger partial charge on any atom is 0.228 e. The van der Waals surface area contributed by atoms with Crippen LogP contribution in [-0.2, 0) is 4.79 Å². The first kappa shape index (κ1) is 14.2. The largest absolute Gasteiger partial charge is 0.508 e. The number of amides is 1. The van der Waals surface area contributed by atoms with Crippen LogP contribution in [-0.4, -0.2) is 22.7 Å². The lowest BCUT2D eigenvalue weighted by Crippen LogP contribution is -2.24. The van der Waals surface area contributed by atoms with Crippen LogP contribution in [0.3, 0.4) is 0 Å². The Kier molecular flexibility index (Phi) is 3.55. The van der Waals surface area contributed by atoms with Crippen molar-refractivity contribution in [2.45, 2.75) is 19.3 Å². The fourth-order valence-electron chi connectivity index (χ4n) is 2.55. The van der Waals surface area contributed by atoms with Crippen molar-refractivity contribution in [2.75, 3.05) is 11.4 Å². The van der Waals surface area contributed by atoms with Crippen LogP contribution < -0.4 is 4.90 Å². The Morgan fingerprint density at radius 2 is 2.19 bits per heavy atom. The van der Waals surface area contributed by atoms with Crippen molar-refractivity contribution in [3.63, 3.8) is 0 Å². The molecule has 0 radical (unpaired) electrons. The molecule has 1 aromatic carbocycles. The van der Waals surface area contributed by atoms with Crippen LogP contribution >= 0.6 is 23.2 Å². The van der Waals surface area contributed by atoms with Crippen molar-refractivity contribution < 1.29 is 14.4 Å². The molecule has 0 aliphatic carbocycles. The van der Waals surface area contributed by atoms with Crippen LogP contribution in [0, 0.1) is 6.92 Å². The summed E-state index contributed by atoms with van der Waals surface area (Å²) in [6.07, 6.45) is 0.236. The zero-order valence-corrected chi connectivity index (χ0v) is 12.6. The molecule has 0 saturated carbocycles. The SMILES string of the molecule is Cc1cc(N2CC(c3c(O)ccc(Cl)c3Cl)CC2=O)no1. The van der Waals surface area contributed by atoms with E-state index in [0.717, 1.165) is 0 Å². The molecule has 7 heteroatoms. The quantitative estimate of drug-likeness (QED) is 0.916. The Balaban J connectivity index is 1.93. The number of anilines is 1. The van der Waals surface area contributed by atoms with E-state index in [1.807, 2.05) is 0 Å². The third-order valence-electron chi connectivity index (χ3n) is 3.53. The molecule has 2 aromatic rings. The number of phenolic OH excluding ortho intramolecular Hbond substituents is 1. The van der Waals surface area contributed by atoms with Gasteiger partial charge in [-0.15, -0.1) is 0 Å². The summed E-state index contributed by atoms with van der Waals surface area (Å²) in [4.78, 5) is 13.7. The van der Waals surface area contributed by atoms with E-state index < -0.39 is 0 Å². The van der Waals surface area contributed by atoms with E-state index in [2.05, 4.69) is 5.16 Å². The summed E-state index contributed by atoms with van der Waals surface area (Å²) in [7, 11) is 0. The number of aryl methyl sites for hydroxylation is 1. The van der Waals surface area contributed by atoms with E-state index in [-0.39, 0.29) is 29.0 Å². The number of aromatic hydroxyl groups is 1. The third kappa shape index (κ3) is 2.47. The highest BCUT2D eigenvalue weighted by atomic mass is 35.5. The number of phenols is 1. The Morgan fingerprint density at radius 1 is 1.43 bits per heavy atom. The van der Waals surface area contributed by atoms with Crippen molar-refractivity contribution in [1.29, 1.82) is 0 Å². The van der Waals surface area contributed by atoms with Gasteiger partial charge in [0.05, 0.1) is 10.0 Å². The molecule has 3 rings (SSSR count). The Morgan fingerprint density at radius 3 is 2.86 bits per heavy atom. The normalized spacial score (nSPS) is 18.5. The number of hydrogen-bond donors (Lipinski definition) is 1. The highest BCUT2D eigenvalue weighted by Crippen LogP contribution is 2.42. The van der Waals surface area contributed by atoms with Gasteiger partial charge in [0.15, 0.2) is 5.82 Å². The highest BCUT2D eigenvalue weighted by molar-refractivity contribution is 6.42. The lowest BCUT2D eigenvalue weighted by atomic mass is 9.97. The van der Waals surface area contributed by atoms with Crippen molar-refractivity contribution in [1.82, 2.24) is 5.16 Å². The van der Waals surface area contributed by atoms with Gasteiger partial charge in [-0.2, -0.15) is 0 Å². The van der Waals surface area contributed by atoms with Gasteiger partial charge in [0.1, 0.15) is 11.5 Å². The number of aromatic nitrogens is 1. The van der Waals surface area contributed by atoms with Gasteiger partial charge in [0, 0.05) is 30.5 Å². The molecule has 21 heavy (non-hydrogen) atoms. The lowest BCUT2D eigenvalue weighted by Gasteiger charge is -2.15. The van der Waals surface area contributed by atoms with Gasteiger partial charge >= 0.3 is 0 Å². The molecule has 1 fully saturated rings. The average Bonchev–Trinajstić information content (AvgIpc) is 3.01. The summed E-state index contributed by atoms with van der Waals surface area (Å²) >= 11 is 12.2. The molecule has 1 aromatic heterocycles. The first-order valence-electron chi connectivity index (χ1n) is 6.38. The minimum absolute atomic E-state index is 0.0420. The molecule has 110 valence electrons. The number of benzene rings is 1. The number of rotatable bonds is 2. The molecule has 5 nitrogen and oxygen atoms in total. The van der Waals surface area contributed by atoms with Gasteiger partial charge < -0.3 is 9.63 Å². The van der Waals surface area contributed by atoms with Gasteiger partial charge in [-0.05, 0) is 19.1 Å². The van der Waals surface area contributed by atoms with Crippen molar-refractivity contribution in [3.8, 4) is 5.75 Å². The smallest absolute Gasteiger partial charge is 0.228 e. The zero-order chi connectivity index (χ0) is 15.1. The fourth-order valence-corrected chi connectivity index (χ4v) is 3.03. The molecule has 1 unspecified atom stereocenters. The molecule has 1 aliphatic rings. The minimum Gasteiger partial charge on any atom is -0.508 e. The molecule has 1 aliphatic heterocycles. The summed E-state index contributed by atoms with van der Waals surface area (Å²) in [6.45, 7) is 2.13. The van der Waals surface area contributed by atoms with E-state index in [4.69, 9.17) is 27.7 Å². The summed E-state index contributed by atoms with van der Waals surface area (Å²) in [5.74, 6) is 0.812. The summed E-state index contributed by atoms with van der Waals surface area (Å²) < 4.78 is 4.99. The molecule has 0 bridgehead atoms. The molecule has 1 atom stereocenters. The summed E-state index contributed by atoms with van der Waals surface area (Å²) in [5.41, 5.74) is 0.500. The maximum absolute atomic E-state index is 12.2. The fraction of sp³-hybridized carbons (Fsp3) is 0.286. The molecule has 1 N–H and O–H groups in total. The second-order valence-corrected chi connectivity index (χ2v) is 5.78. The van der Waals surface area contributed by atoms with Crippen LogP contribution in [0.1, 0.15) is 23.7 Å². The van der Waals surface area contributed by atoms with E-state index >= 15 is 0 Å². The second-order valence-electron chi connectivity index (χ2n) is 5.00. The van der Waals surface area contributed by atoms with Crippen LogP contribution in [0.2, 0.25) is 10.0 Å². The Bertz CT molecular complexity index is 714. The van der Waals surface area contributed by atoms with E-state index in [1.165, 1.54) is 17.0 Å². The number of hydrogen-bond acceptors (Lipinski definition) is 4. The molecular weight excluding hydrogens is 315 g/mol. The number of carbonyl (C=O) groups is 1. The van der Waals surface area contributed by atoms with Gasteiger partial charge in [0.25, 0.3) is 0 Å². The van der Waals surface area contributed by atoms with Crippen molar-refractivity contribution >= 4 is 34.9 Å². The van der Waals surface area contributed by atoms with E-state index in [9.17, 15) is 9.90 Å². The van der Waals surface area contributed by atoms with Crippen molar-refractivity contribution in [2.24, 2.45) is 0 Å². The minimum atomic E-state index is -0.235. The molecular formula is C14H12Cl2N2O3. The molecule has 1 amide bonds. The monoisotopic (exact) mass is 326 g/mol. The van der Waals surface area contributed by atoms with Gasteiger partial charge in [0.2, 0.25) is 5.91 Å². The first-order chi connectivity index (χ1) is 9.97. The van der Waals surface area contributed by atoms with Gasteiger partial charge in [-0.3, -0.25) is 9.69 Å². The van der Waals surface area contributed by atoms with E-state index in [0.29, 0.717) is 28.7 Å². The zero-order valence-electron chi connectivity index (χ0n) is 11.1. The van der Waals surface area contributed by atoms with Gasteiger partial charge in [-0.25, -0.2) is 0 Å². The lowest BCUT2D eigenvalue weighted by molar-refractivity contribution is -0.117. The number of carbonyl (C=O) groups excluding carboxylic acids is 1. The highest BCUT2D eigenvalue weighted by Gasteiger charge is 2.35. The second kappa shape index (κ2) is 5.24. The van der Waals surface area contributed by atoms with Crippen LogP contribution in [0.4, 0.5) is 5.82 Å². The average molecular weight is 327 g/mol. The predicted octanol–water partition coefficient (Wildman–Crippen LogP) is 3.52. The summed E-state index contributed by atoms with van der Waals surface area (Å²) in [6, 6.07) is 4.70. The van der Waals surface area contributed by atoms with Crippen molar-refractivity contribution in [3.05, 3.63) is 39.6 Å². The topological polar surface area (TPSA) is 66.6 Å². The molecule has 0 spiro atoms. The maximum atomic E-state index is 12.2. The number of halogens is 2. The standard InChI is InChI=1S/C14H12Cl2N2O3/c1-7-4-11(17-21-7)18-6-8(5-12(18)20)13-10(19)3-2-9(15)14(13)16/h2-4,8,19H,5-6H2,1H3. The third-order valence-corrected chi connectivity index (χ3v) is 4.35. The predicted molar refractivity (Wildman–Crippen MR) is 79.1 cm³/mol. The van der Waals surface area contributed by atoms with Crippen LogP contribution in [0.5, 0.6) is 5.75 Å². The first-order valence-corrected chi connectivity index (χ1v) is 7.13. The van der Waals surface area contributed by atoms with Crippen LogP contribution in [0.25, 0.3) is 0 Å². The summed E-state index contributed by atoms with van der Waals surface area (Å²) in [5, 5.41) is 14.5. The Hall–Kier alpha value is -1.72. The Labute approximate surface area is 131 Å².